The Hall–Kier alpha value is -3.97. The molecular formula is C51H80N2O18. The summed E-state index contributed by atoms with van der Waals surface area (Å²) in [6.07, 6.45) is 3.12. The van der Waals surface area contributed by atoms with E-state index >= 15 is 0 Å². The number of rotatable bonds is 6. The third kappa shape index (κ3) is 20.8. The molecule has 0 unspecified atom stereocenters. The van der Waals surface area contributed by atoms with Crippen molar-refractivity contribution in [2.24, 2.45) is 23.5 Å². The second-order valence-electron chi connectivity index (χ2n) is 18.8. The number of amides is 1. The molecule has 1 amide bonds. The number of allylic oxidation sites excluding steroid dienone is 12. The van der Waals surface area contributed by atoms with Gasteiger partial charge in [-0.15, -0.1) is 0 Å². The summed E-state index contributed by atoms with van der Waals surface area (Å²) < 4.78 is 28.7. The van der Waals surface area contributed by atoms with Gasteiger partial charge in [-0.25, -0.2) is 0 Å². The van der Waals surface area contributed by atoms with E-state index in [4.69, 9.17) is 29.4 Å². The Morgan fingerprint density at radius 3 is 1.89 bits per heavy atom. The predicted octanol–water partition coefficient (Wildman–Crippen LogP) is 0.306. The zero-order chi connectivity index (χ0) is 52.8. The quantitative estimate of drug-likeness (QED) is 0.159. The van der Waals surface area contributed by atoms with Gasteiger partial charge in [-0.3, -0.25) is 14.4 Å². The molecule has 2 fully saturated rings. The number of hydrogen-bond acceptors (Lipinski definition) is 19. The average molecular weight is 1010 g/mol. The lowest BCUT2D eigenvalue weighted by molar-refractivity contribution is -0.309. The molecule has 402 valence electrons. The van der Waals surface area contributed by atoms with Crippen LogP contribution in [0.15, 0.2) is 85.1 Å². The van der Waals surface area contributed by atoms with Crippen LogP contribution >= 0.6 is 0 Å². The maximum Gasteiger partial charge on any atom is 0.313 e. The molecule has 71 heavy (non-hydrogen) atoms. The number of carbonyl (C=O) groups excluding carboxylic acids is 3. The first kappa shape index (κ1) is 61.3. The van der Waals surface area contributed by atoms with E-state index in [1.54, 1.807) is 80.7 Å². The van der Waals surface area contributed by atoms with E-state index in [-0.39, 0.29) is 44.6 Å². The summed E-state index contributed by atoms with van der Waals surface area (Å²) in [6, 6.07) is -1.24. The van der Waals surface area contributed by atoms with Gasteiger partial charge in [0.25, 0.3) is 0 Å². The fourth-order valence-corrected chi connectivity index (χ4v) is 8.62. The van der Waals surface area contributed by atoms with Gasteiger partial charge in [-0.05, 0) is 33.1 Å². The van der Waals surface area contributed by atoms with Crippen LogP contribution in [-0.2, 0) is 38.1 Å². The Balaban J connectivity index is 1.93. The van der Waals surface area contributed by atoms with Crippen LogP contribution in [-0.4, -0.2) is 180 Å². The average Bonchev–Trinajstić information content (AvgIpc) is 3.29. The first-order chi connectivity index (χ1) is 33.6. The lowest BCUT2D eigenvalue weighted by Crippen LogP contribution is -2.64. The van der Waals surface area contributed by atoms with Crippen molar-refractivity contribution in [1.82, 2.24) is 5.32 Å². The zero-order valence-electron chi connectivity index (χ0n) is 41.4. The number of carbonyl (C=O) groups is 3. The molecule has 2 saturated heterocycles. The van der Waals surface area contributed by atoms with E-state index in [0.29, 0.717) is 0 Å². The van der Waals surface area contributed by atoms with Gasteiger partial charge in [-0.1, -0.05) is 98.9 Å². The molecule has 2 bridgehead atoms. The van der Waals surface area contributed by atoms with Crippen LogP contribution in [0.3, 0.4) is 0 Å². The Labute approximate surface area is 416 Å². The van der Waals surface area contributed by atoms with Crippen molar-refractivity contribution in [2.45, 2.75) is 183 Å². The van der Waals surface area contributed by atoms with Gasteiger partial charge in [0.15, 0.2) is 12.1 Å². The van der Waals surface area contributed by atoms with Gasteiger partial charge < -0.3 is 85.8 Å². The smallest absolute Gasteiger partial charge is 0.313 e. The van der Waals surface area contributed by atoms with Crippen LogP contribution in [0.4, 0.5) is 0 Å². The first-order valence-electron chi connectivity index (χ1n) is 24.4. The molecule has 20 heteroatoms. The zero-order valence-corrected chi connectivity index (χ0v) is 41.4. The Kier molecular flexibility index (Phi) is 26.7. The highest BCUT2D eigenvalue weighted by Gasteiger charge is 2.51. The topological polar surface area (TPSA) is 338 Å². The molecule has 3 aliphatic heterocycles. The van der Waals surface area contributed by atoms with Crippen LogP contribution in [0, 0.1) is 17.8 Å². The monoisotopic (exact) mass is 1010 g/mol. The van der Waals surface area contributed by atoms with Crippen LogP contribution in [0.2, 0.25) is 0 Å². The van der Waals surface area contributed by atoms with Crippen molar-refractivity contribution in [1.29, 1.82) is 0 Å². The minimum Gasteiger partial charge on any atom is -0.469 e. The molecule has 0 spiro atoms. The Morgan fingerprint density at radius 2 is 1.30 bits per heavy atom. The largest absolute Gasteiger partial charge is 0.469 e. The van der Waals surface area contributed by atoms with Gasteiger partial charge in [0.05, 0.1) is 80.6 Å². The van der Waals surface area contributed by atoms with E-state index in [1.165, 1.54) is 13.0 Å². The lowest BCUT2D eigenvalue weighted by atomic mass is 9.82. The second kappa shape index (κ2) is 30.9. The predicted molar refractivity (Wildman–Crippen MR) is 259 cm³/mol. The standard InChI is InChI=1S/C51H80N2O18/c1-30-18-16-14-12-10-8-6-7-9-11-13-15-17-19-37(70-50-48(64)45(47(63)33(4)69-50)53-42(60)22-23-52)27-41-44(49(65)67-5)40(59)29-51(66,71-41)28-36(56)25-39(58)38(57)21-20-34(54)24-35(55)26-43(61)68-32(3)31(2)46(30)62/h6-19,30-41,44-48,50,54-59,62-64,66H,20-29,52H2,1-5H3,(H,53,60)/t30-,31-,32-,33+,34+,35+,36-,37-,38+,39+,40-,41-,44+,45-,46+,47+,48-,50-,51+/m0/s1. The third-order valence-corrected chi connectivity index (χ3v) is 12.9. The number of aliphatic hydroxyl groups excluding tert-OH is 9. The van der Waals surface area contributed by atoms with Gasteiger partial charge in [0, 0.05) is 50.5 Å². The number of nitrogens with two attached hydrogens (primary N) is 1. The molecule has 0 radical (unpaired) electrons. The molecule has 0 aromatic rings. The summed E-state index contributed by atoms with van der Waals surface area (Å²) in [5.41, 5.74) is 5.52. The number of fused-ring (bicyclic) bond motifs is 2. The summed E-state index contributed by atoms with van der Waals surface area (Å²) in [5, 5.41) is 113. The summed E-state index contributed by atoms with van der Waals surface area (Å²) in [7, 11) is 1.10. The van der Waals surface area contributed by atoms with Crippen LogP contribution in [0.5, 0.6) is 0 Å². The SMILES string of the molecule is COC(=O)[C@H]1[C@@H]2C[C@@H](O[C@@H]3O[C@H](C)[C@@H](O)[C@H](NC(=O)CCN)[C@@H]3O)C=CC=CC=CC=CC=CC=CC=C[C@H](C)[C@@H](O)[C@@H](C)[C@H](C)OC(=O)C[C@H](O)C[C@H](O)CC[C@@H](O)[C@H](O)C[C@H](O)C[C@](O)(C[C@@H]1O)O2. The number of methoxy groups -OCH3 is 1. The molecule has 0 aromatic heterocycles. The maximum absolute atomic E-state index is 13.2. The lowest BCUT2D eigenvalue weighted by Gasteiger charge is -2.45. The highest BCUT2D eigenvalue weighted by Crippen LogP contribution is 2.38. The molecule has 3 heterocycles. The third-order valence-electron chi connectivity index (χ3n) is 12.9. The number of cyclic esters (lactones) is 1. The first-order valence-corrected chi connectivity index (χ1v) is 24.4. The molecule has 13 N–H and O–H groups in total. The van der Waals surface area contributed by atoms with E-state index < -0.39 is 153 Å². The summed E-state index contributed by atoms with van der Waals surface area (Å²) >= 11 is 0. The minimum absolute atomic E-state index is 0.0158. The van der Waals surface area contributed by atoms with E-state index in [2.05, 4.69) is 5.32 Å². The number of nitrogens with one attached hydrogen (secondary N) is 1. The summed E-state index contributed by atoms with van der Waals surface area (Å²) in [6.45, 7) is 6.74. The number of aliphatic hydroxyl groups is 10. The highest BCUT2D eigenvalue weighted by atomic mass is 16.7. The van der Waals surface area contributed by atoms with Crippen molar-refractivity contribution in [2.75, 3.05) is 13.7 Å². The van der Waals surface area contributed by atoms with Crippen molar-refractivity contribution in [3.8, 4) is 0 Å². The Bertz CT molecular complexity index is 1840. The van der Waals surface area contributed by atoms with Crippen LogP contribution < -0.4 is 11.1 Å². The van der Waals surface area contributed by atoms with Crippen molar-refractivity contribution >= 4 is 17.8 Å². The molecule has 0 aromatic carbocycles. The molecule has 0 saturated carbocycles. The van der Waals surface area contributed by atoms with Crippen molar-refractivity contribution < 1.29 is 89.1 Å². The molecular weight excluding hydrogens is 929 g/mol. The van der Waals surface area contributed by atoms with Gasteiger partial charge in [0.1, 0.15) is 24.2 Å². The fourth-order valence-electron chi connectivity index (χ4n) is 8.62. The van der Waals surface area contributed by atoms with Crippen LogP contribution in [0.25, 0.3) is 0 Å². The van der Waals surface area contributed by atoms with E-state index in [0.717, 1.165) is 7.11 Å². The number of hydrogen-bond donors (Lipinski definition) is 12. The molecule has 3 rings (SSSR count). The molecule has 19 atom stereocenters. The fraction of sp³-hybridized carbons (Fsp3) is 0.667. The minimum atomic E-state index is -2.32. The van der Waals surface area contributed by atoms with Gasteiger partial charge >= 0.3 is 11.9 Å². The highest BCUT2D eigenvalue weighted by molar-refractivity contribution is 5.76. The van der Waals surface area contributed by atoms with Crippen molar-refractivity contribution in [3.63, 3.8) is 0 Å². The second-order valence-corrected chi connectivity index (χ2v) is 18.8. The van der Waals surface area contributed by atoms with E-state index in [1.807, 2.05) is 19.1 Å². The summed E-state index contributed by atoms with van der Waals surface area (Å²) in [5.74, 6) is -6.63. The van der Waals surface area contributed by atoms with Gasteiger partial charge in [-0.2, -0.15) is 0 Å². The normalized spacial score (nSPS) is 39.4. The van der Waals surface area contributed by atoms with E-state index in [9.17, 15) is 65.4 Å². The number of esters is 2. The van der Waals surface area contributed by atoms with Gasteiger partial charge in [0.2, 0.25) is 5.91 Å². The maximum atomic E-state index is 13.2. The van der Waals surface area contributed by atoms with Crippen LogP contribution in [0.1, 0.15) is 85.5 Å². The molecule has 0 aliphatic carbocycles. The number of ether oxygens (including phenoxy) is 5. The molecule has 20 nitrogen and oxygen atoms in total. The molecule has 3 aliphatic rings. The van der Waals surface area contributed by atoms with Crippen molar-refractivity contribution in [3.05, 3.63) is 85.1 Å². The Morgan fingerprint density at radius 1 is 0.704 bits per heavy atom. The summed E-state index contributed by atoms with van der Waals surface area (Å²) in [4.78, 5) is 38.3.